The van der Waals surface area contributed by atoms with Crippen molar-refractivity contribution in [2.45, 2.75) is 76.1 Å². The second-order valence-corrected chi connectivity index (χ2v) is 13.2. The molecule has 188 valence electrons. The number of hydrogen-bond acceptors (Lipinski definition) is 8. The van der Waals surface area contributed by atoms with Crippen LogP contribution in [-0.2, 0) is 13.9 Å². The molecule has 1 rings (SSSR count). The van der Waals surface area contributed by atoms with Gasteiger partial charge in [-0.1, -0.05) is 23.3 Å². The second kappa shape index (κ2) is 12.9. The molecule has 0 radical (unpaired) electrons. The summed E-state index contributed by atoms with van der Waals surface area (Å²) in [6.45, 7) is 4.48. The predicted molar refractivity (Wildman–Crippen MR) is 119 cm³/mol. The van der Waals surface area contributed by atoms with Gasteiger partial charge >= 0.3 is 7.60 Å². The highest BCUT2D eigenvalue weighted by Gasteiger charge is 2.47. The molecule has 1 saturated heterocycles. The van der Waals surface area contributed by atoms with Crippen LogP contribution in [0.4, 0.5) is 0 Å². The smallest absolute Gasteiger partial charge is 0.339 e. The van der Waals surface area contributed by atoms with E-state index >= 15 is 0 Å². The number of rotatable bonds is 12. The van der Waals surface area contributed by atoms with Gasteiger partial charge in [-0.3, -0.25) is 14.4 Å². The van der Waals surface area contributed by atoms with Crippen molar-refractivity contribution in [3.63, 3.8) is 0 Å². The molecule has 0 spiro atoms. The topological polar surface area (TPSA) is 197 Å². The lowest BCUT2D eigenvalue weighted by Crippen LogP contribution is -2.62. The summed E-state index contributed by atoms with van der Waals surface area (Å²) in [7, 11) is -9.37. The fourth-order valence-corrected chi connectivity index (χ4v) is 7.08. The van der Waals surface area contributed by atoms with Crippen molar-refractivity contribution < 1.29 is 49.0 Å². The standard InChI is InChI=1S/C19H37NO10P2/c1-12(2)6-4-7-13(3)8-5-9-31(25,26)15(32(27,28)29)10-20-19-18(24)17(23)16(22)14(11-21)30-19/h6,8,14-24H,4-5,7,9-11H2,1-3H3,(H,25,26)(H2,27,28,29)/b13-8+/t14-,15?,16+,17+,18-,19-/m1/s1. The van der Waals surface area contributed by atoms with Crippen molar-refractivity contribution in [3.05, 3.63) is 23.3 Å². The molecule has 1 fully saturated rings. The Morgan fingerprint density at radius 3 is 2.16 bits per heavy atom. The van der Waals surface area contributed by atoms with Crippen LogP contribution in [-0.4, -0.2) is 90.5 Å². The van der Waals surface area contributed by atoms with Crippen LogP contribution in [0, 0.1) is 0 Å². The summed E-state index contributed by atoms with van der Waals surface area (Å²) in [6, 6.07) is 0. The number of aliphatic hydroxyl groups excluding tert-OH is 4. The lowest BCUT2D eigenvalue weighted by Gasteiger charge is -2.40. The van der Waals surface area contributed by atoms with Gasteiger partial charge < -0.3 is 39.8 Å². The predicted octanol–water partition coefficient (Wildman–Crippen LogP) is 0.233. The summed E-state index contributed by atoms with van der Waals surface area (Å²) in [5.74, 6) is 0. The monoisotopic (exact) mass is 501 g/mol. The number of nitrogens with one attached hydrogen (secondary N) is 1. The van der Waals surface area contributed by atoms with Crippen LogP contribution in [0.5, 0.6) is 0 Å². The zero-order valence-electron chi connectivity index (χ0n) is 18.6. The Bertz CT molecular complexity index is 746. The zero-order valence-corrected chi connectivity index (χ0v) is 20.4. The Hall–Kier alpha value is -0.420. The van der Waals surface area contributed by atoms with Crippen molar-refractivity contribution in [1.82, 2.24) is 5.32 Å². The summed E-state index contributed by atoms with van der Waals surface area (Å²) >= 11 is 0. The molecular weight excluding hydrogens is 464 g/mol. The van der Waals surface area contributed by atoms with Gasteiger partial charge in [-0.15, -0.1) is 0 Å². The third-order valence-corrected chi connectivity index (χ3v) is 10.2. The highest BCUT2D eigenvalue weighted by Crippen LogP contribution is 2.62. The Morgan fingerprint density at radius 2 is 1.62 bits per heavy atom. The lowest BCUT2D eigenvalue weighted by molar-refractivity contribution is -0.236. The number of aliphatic hydroxyl groups is 4. The molecule has 7 atom stereocenters. The van der Waals surface area contributed by atoms with Crippen molar-refractivity contribution >= 4 is 15.0 Å². The van der Waals surface area contributed by atoms with Crippen LogP contribution in [0.15, 0.2) is 23.3 Å². The van der Waals surface area contributed by atoms with E-state index in [1.165, 1.54) is 5.57 Å². The van der Waals surface area contributed by atoms with Crippen LogP contribution in [0.1, 0.15) is 40.0 Å². The molecular formula is C19H37NO10P2. The van der Waals surface area contributed by atoms with Gasteiger partial charge in [0.2, 0.25) is 7.37 Å². The number of ether oxygens (including phenoxy) is 1. The van der Waals surface area contributed by atoms with E-state index in [1.807, 2.05) is 20.8 Å². The van der Waals surface area contributed by atoms with Gasteiger partial charge in [0.1, 0.15) is 36.0 Å². The van der Waals surface area contributed by atoms with E-state index in [4.69, 9.17) is 4.74 Å². The maximum atomic E-state index is 12.8. The molecule has 0 bridgehead atoms. The first-order chi connectivity index (χ1) is 14.7. The quantitative estimate of drug-likeness (QED) is 0.135. The van der Waals surface area contributed by atoms with Crippen molar-refractivity contribution in [2.24, 2.45) is 0 Å². The third kappa shape index (κ3) is 9.08. The molecule has 1 aliphatic rings. The van der Waals surface area contributed by atoms with Crippen molar-refractivity contribution in [2.75, 3.05) is 19.3 Å². The van der Waals surface area contributed by atoms with Crippen LogP contribution in [0.2, 0.25) is 0 Å². The first kappa shape index (κ1) is 29.6. The molecule has 1 aliphatic heterocycles. The molecule has 8 N–H and O–H groups in total. The van der Waals surface area contributed by atoms with E-state index < -0.39 is 64.2 Å². The first-order valence-corrected chi connectivity index (χ1v) is 14.0. The summed E-state index contributed by atoms with van der Waals surface area (Å²) in [5, 5.41) is 39.3. The minimum Gasteiger partial charge on any atom is -0.394 e. The summed E-state index contributed by atoms with van der Waals surface area (Å²) in [4.78, 5) is 29.7. The van der Waals surface area contributed by atoms with Crippen molar-refractivity contribution in [3.8, 4) is 0 Å². The maximum Gasteiger partial charge on any atom is 0.339 e. The van der Waals surface area contributed by atoms with Gasteiger partial charge in [-0.25, -0.2) is 0 Å². The van der Waals surface area contributed by atoms with Crippen molar-refractivity contribution in [1.29, 1.82) is 0 Å². The fraction of sp³-hybridized carbons (Fsp3) is 0.789. The molecule has 0 amide bonds. The minimum atomic E-state index is -5.03. The normalized spacial score (nSPS) is 29.9. The maximum absolute atomic E-state index is 12.8. The summed E-state index contributed by atoms with van der Waals surface area (Å²) < 4.78 is 29.9. The van der Waals surface area contributed by atoms with E-state index in [1.54, 1.807) is 6.08 Å². The number of hydrogen-bond donors (Lipinski definition) is 8. The Kier molecular flexibility index (Phi) is 11.9. The van der Waals surface area contributed by atoms with Gasteiger partial charge in [0.25, 0.3) is 0 Å². The van der Waals surface area contributed by atoms with E-state index in [-0.39, 0.29) is 12.6 Å². The Morgan fingerprint density at radius 1 is 1.00 bits per heavy atom. The largest absolute Gasteiger partial charge is 0.394 e. The van der Waals surface area contributed by atoms with Gasteiger partial charge in [0, 0.05) is 12.7 Å². The summed E-state index contributed by atoms with van der Waals surface area (Å²) in [5.41, 5.74) is 2.18. The molecule has 1 heterocycles. The average Bonchev–Trinajstić information content (AvgIpc) is 2.66. The Balaban J connectivity index is 2.80. The van der Waals surface area contributed by atoms with Crippen LogP contribution in [0.25, 0.3) is 0 Å². The van der Waals surface area contributed by atoms with Crippen LogP contribution >= 0.6 is 15.0 Å². The lowest BCUT2D eigenvalue weighted by atomic mass is 9.98. The van der Waals surface area contributed by atoms with Crippen LogP contribution in [0.3, 0.4) is 0 Å². The summed E-state index contributed by atoms with van der Waals surface area (Å²) in [6.07, 6.45) is -2.37. The highest BCUT2D eigenvalue weighted by molar-refractivity contribution is 7.74. The van der Waals surface area contributed by atoms with E-state index in [0.717, 1.165) is 18.4 Å². The van der Waals surface area contributed by atoms with E-state index in [0.29, 0.717) is 0 Å². The number of allylic oxidation sites excluding steroid dienone is 4. The van der Waals surface area contributed by atoms with E-state index in [2.05, 4.69) is 11.4 Å². The molecule has 0 aromatic heterocycles. The molecule has 13 heteroatoms. The first-order valence-electron chi connectivity index (χ1n) is 10.4. The Labute approximate surface area is 188 Å². The van der Waals surface area contributed by atoms with Gasteiger partial charge in [0.15, 0.2) is 0 Å². The highest BCUT2D eigenvalue weighted by atomic mass is 31.2. The molecule has 32 heavy (non-hydrogen) atoms. The molecule has 0 aromatic carbocycles. The van der Waals surface area contributed by atoms with Gasteiger partial charge in [-0.2, -0.15) is 0 Å². The molecule has 11 nitrogen and oxygen atoms in total. The average molecular weight is 501 g/mol. The van der Waals surface area contributed by atoms with Gasteiger partial charge in [0.05, 0.1) is 6.61 Å². The molecule has 0 saturated carbocycles. The fourth-order valence-electron chi connectivity index (χ4n) is 3.32. The molecule has 0 aromatic rings. The zero-order chi connectivity index (χ0) is 24.7. The third-order valence-electron chi connectivity index (χ3n) is 5.28. The minimum absolute atomic E-state index is 0.158. The SMILES string of the molecule is CC(C)=CCC/C(C)=C/CCP(=O)(O)C(CN[C@@H]1O[C@H](CO)[C@H](O)[C@H](O)[C@H]1O)P(=O)(O)O. The second-order valence-electron chi connectivity index (χ2n) is 8.37. The van der Waals surface area contributed by atoms with E-state index in [9.17, 15) is 44.2 Å². The van der Waals surface area contributed by atoms with Gasteiger partial charge in [-0.05, 0) is 40.0 Å². The van der Waals surface area contributed by atoms with Crippen LogP contribution < -0.4 is 5.32 Å². The molecule has 0 aliphatic carbocycles. The molecule has 2 unspecified atom stereocenters.